The summed E-state index contributed by atoms with van der Waals surface area (Å²) in [6, 6.07) is 7.71. The average Bonchev–Trinajstić information content (AvgIpc) is 2.76. The van der Waals surface area contributed by atoms with Crippen LogP contribution in [0.4, 0.5) is 0 Å². The molecule has 0 bridgehead atoms. The van der Waals surface area contributed by atoms with Crippen LogP contribution in [0.1, 0.15) is 27.2 Å². The van der Waals surface area contributed by atoms with Crippen molar-refractivity contribution in [3.05, 3.63) is 53.0 Å². The molecule has 1 N–H and O–H groups in total. The summed E-state index contributed by atoms with van der Waals surface area (Å²) in [5.74, 6) is 0.0888. The average molecular weight is 262 g/mol. The minimum absolute atomic E-state index is 0.243. The number of carboxylic acid groups (broad SMARTS) is 1. The fourth-order valence-electron chi connectivity index (χ4n) is 1.75. The van der Waals surface area contributed by atoms with E-state index in [0.717, 1.165) is 4.90 Å². The number of aromatic carboxylic acids is 1. The molecule has 18 heavy (non-hydrogen) atoms. The van der Waals surface area contributed by atoms with Crippen molar-refractivity contribution in [2.75, 3.05) is 0 Å². The molecule has 0 unspecified atom stereocenters. The summed E-state index contributed by atoms with van der Waals surface area (Å²) >= 11 is 1.59. The molecule has 2 rings (SSSR count). The summed E-state index contributed by atoms with van der Waals surface area (Å²) < 4.78 is 5.21. The summed E-state index contributed by atoms with van der Waals surface area (Å²) in [6.07, 6.45) is 1.42. The van der Waals surface area contributed by atoms with Crippen LogP contribution < -0.4 is 0 Å². The number of hydrogen-bond donors (Lipinski definition) is 1. The van der Waals surface area contributed by atoms with Crippen molar-refractivity contribution in [3.63, 3.8) is 0 Å². The van der Waals surface area contributed by atoms with Gasteiger partial charge in [-0.3, -0.25) is 0 Å². The number of hydrogen-bond acceptors (Lipinski definition) is 3. The fraction of sp³-hybridized carbons (Fsp3) is 0.214. The highest BCUT2D eigenvalue weighted by Gasteiger charge is 2.13. The van der Waals surface area contributed by atoms with Crippen LogP contribution in [0, 0.1) is 13.8 Å². The molecule has 0 atom stereocenters. The third kappa shape index (κ3) is 2.76. The minimum Gasteiger partial charge on any atom is -0.478 e. The van der Waals surface area contributed by atoms with E-state index < -0.39 is 5.97 Å². The zero-order valence-electron chi connectivity index (χ0n) is 10.3. The fourth-order valence-corrected chi connectivity index (χ4v) is 2.71. The lowest BCUT2D eigenvalue weighted by molar-refractivity contribution is 0.0695. The Kier molecular flexibility index (Phi) is 3.77. The first-order valence-electron chi connectivity index (χ1n) is 5.57. The first-order chi connectivity index (χ1) is 8.58. The molecule has 0 aliphatic heterocycles. The molecule has 94 valence electrons. The highest BCUT2D eigenvalue weighted by molar-refractivity contribution is 7.98. The largest absolute Gasteiger partial charge is 0.478 e. The number of aryl methyl sites for hydroxylation is 2. The van der Waals surface area contributed by atoms with Gasteiger partial charge in [0.15, 0.2) is 0 Å². The number of carboxylic acids is 1. The van der Waals surface area contributed by atoms with Crippen molar-refractivity contribution in [1.82, 2.24) is 0 Å². The van der Waals surface area contributed by atoms with Crippen molar-refractivity contribution in [1.29, 1.82) is 0 Å². The van der Waals surface area contributed by atoms with Crippen LogP contribution in [0.5, 0.6) is 0 Å². The number of rotatable bonds is 4. The Morgan fingerprint density at radius 1 is 1.33 bits per heavy atom. The molecular formula is C14H14O3S. The third-order valence-corrected chi connectivity index (χ3v) is 3.84. The maximum atomic E-state index is 10.9. The van der Waals surface area contributed by atoms with Crippen molar-refractivity contribution < 1.29 is 14.3 Å². The number of thioether (sulfide) groups is 1. The second kappa shape index (κ2) is 5.31. The SMILES string of the molecule is Cc1ccc(SCc2occc2C(=O)O)c(C)c1. The molecule has 1 aromatic heterocycles. The van der Waals surface area contributed by atoms with Gasteiger partial charge in [-0.2, -0.15) is 0 Å². The summed E-state index contributed by atoms with van der Waals surface area (Å²) in [5, 5.41) is 8.97. The van der Waals surface area contributed by atoms with Crippen molar-refractivity contribution in [2.45, 2.75) is 24.5 Å². The Balaban J connectivity index is 2.11. The highest BCUT2D eigenvalue weighted by Crippen LogP contribution is 2.28. The van der Waals surface area contributed by atoms with Crippen LogP contribution >= 0.6 is 11.8 Å². The Morgan fingerprint density at radius 3 is 2.78 bits per heavy atom. The smallest absolute Gasteiger partial charge is 0.339 e. The quantitative estimate of drug-likeness (QED) is 0.849. The Morgan fingerprint density at radius 2 is 2.11 bits per heavy atom. The monoisotopic (exact) mass is 262 g/mol. The summed E-state index contributed by atoms with van der Waals surface area (Å²) in [5.41, 5.74) is 2.66. The number of carbonyl (C=O) groups is 1. The minimum atomic E-state index is -0.944. The van der Waals surface area contributed by atoms with Gasteiger partial charge < -0.3 is 9.52 Å². The topological polar surface area (TPSA) is 50.4 Å². The van der Waals surface area contributed by atoms with E-state index >= 15 is 0 Å². The molecule has 3 nitrogen and oxygen atoms in total. The van der Waals surface area contributed by atoms with E-state index in [1.54, 1.807) is 11.8 Å². The van der Waals surface area contributed by atoms with Crippen LogP contribution in [0.25, 0.3) is 0 Å². The van der Waals surface area contributed by atoms with Gasteiger partial charge in [-0.25, -0.2) is 4.79 Å². The van der Waals surface area contributed by atoms with Gasteiger partial charge in [0.1, 0.15) is 11.3 Å². The molecule has 4 heteroatoms. The molecule has 0 radical (unpaired) electrons. The van der Waals surface area contributed by atoms with E-state index in [1.165, 1.54) is 23.5 Å². The molecule has 0 saturated carbocycles. The van der Waals surface area contributed by atoms with Gasteiger partial charge in [0.25, 0.3) is 0 Å². The van der Waals surface area contributed by atoms with Gasteiger partial charge in [-0.15, -0.1) is 11.8 Å². The molecule has 2 aromatic rings. The lowest BCUT2D eigenvalue weighted by atomic mass is 10.2. The molecule has 1 heterocycles. The highest BCUT2D eigenvalue weighted by atomic mass is 32.2. The molecule has 0 aliphatic carbocycles. The Hall–Kier alpha value is -1.68. The van der Waals surface area contributed by atoms with Gasteiger partial charge >= 0.3 is 5.97 Å². The second-order valence-electron chi connectivity index (χ2n) is 4.12. The molecule has 0 amide bonds. The summed E-state index contributed by atoms with van der Waals surface area (Å²) in [4.78, 5) is 12.1. The lowest BCUT2D eigenvalue weighted by Crippen LogP contribution is -1.97. The van der Waals surface area contributed by atoms with E-state index in [0.29, 0.717) is 11.5 Å². The number of furan rings is 1. The molecule has 0 saturated heterocycles. The van der Waals surface area contributed by atoms with E-state index in [1.807, 2.05) is 0 Å². The van der Waals surface area contributed by atoms with E-state index in [9.17, 15) is 4.79 Å². The van der Waals surface area contributed by atoms with E-state index in [2.05, 4.69) is 32.0 Å². The van der Waals surface area contributed by atoms with Gasteiger partial charge in [0.2, 0.25) is 0 Å². The zero-order valence-corrected chi connectivity index (χ0v) is 11.1. The van der Waals surface area contributed by atoms with Gasteiger partial charge in [0, 0.05) is 4.90 Å². The predicted molar refractivity (Wildman–Crippen MR) is 71.1 cm³/mol. The van der Waals surface area contributed by atoms with E-state index in [-0.39, 0.29) is 5.56 Å². The molecule has 1 aromatic carbocycles. The number of benzene rings is 1. The molecule has 0 spiro atoms. The van der Waals surface area contributed by atoms with Gasteiger partial charge in [-0.1, -0.05) is 17.7 Å². The molecule has 0 fully saturated rings. The van der Waals surface area contributed by atoms with Gasteiger partial charge in [0.05, 0.1) is 12.0 Å². The van der Waals surface area contributed by atoms with Crippen LogP contribution in [0.15, 0.2) is 39.8 Å². The third-order valence-electron chi connectivity index (χ3n) is 2.67. The molecular weight excluding hydrogens is 248 g/mol. The Bertz CT molecular complexity index is 572. The van der Waals surface area contributed by atoms with Crippen molar-refractivity contribution in [2.24, 2.45) is 0 Å². The predicted octanol–water partition coefficient (Wildman–Crippen LogP) is 3.89. The van der Waals surface area contributed by atoms with Crippen molar-refractivity contribution in [3.8, 4) is 0 Å². The maximum Gasteiger partial charge on any atom is 0.339 e. The normalized spacial score (nSPS) is 10.6. The zero-order chi connectivity index (χ0) is 13.1. The first kappa shape index (κ1) is 12.8. The maximum absolute atomic E-state index is 10.9. The van der Waals surface area contributed by atoms with E-state index in [4.69, 9.17) is 9.52 Å². The van der Waals surface area contributed by atoms with Crippen LogP contribution in [0.3, 0.4) is 0 Å². The van der Waals surface area contributed by atoms with Gasteiger partial charge in [-0.05, 0) is 31.5 Å². The summed E-state index contributed by atoms with van der Waals surface area (Å²) in [6.45, 7) is 4.10. The lowest BCUT2D eigenvalue weighted by Gasteiger charge is -2.05. The van der Waals surface area contributed by atoms with Crippen molar-refractivity contribution >= 4 is 17.7 Å². The Labute approximate surface area is 110 Å². The first-order valence-corrected chi connectivity index (χ1v) is 6.56. The standard InChI is InChI=1S/C14H14O3S/c1-9-3-4-13(10(2)7-9)18-8-12-11(14(15)16)5-6-17-12/h3-7H,8H2,1-2H3,(H,15,16). The summed E-state index contributed by atoms with van der Waals surface area (Å²) in [7, 11) is 0. The van der Waals surface area contributed by atoms with Crippen LogP contribution in [0.2, 0.25) is 0 Å². The second-order valence-corrected chi connectivity index (χ2v) is 5.14. The molecule has 0 aliphatic rings. The van der Waals surface area contributed by atoms with Crippen LogP contribution in [-0.4, -0.2) is 11.1 Å². The van der Waals surface area contributed by atoms with Crippen LogP contribution in [-0.2, 0) is 5.75 Å².